The summed E-state index contributed by atoms with van der Waals surface area (Å²) in [6.45, 7) is 7.47. The van der Waals surface area contributed by atoms with Gasteiger partial charge >= 0.3 is 0 Å². The van der Waals surface area contributed by atoms with Crippen LogP contribution in [0.25, 0.3) is 11.0 Å². The molecule has 0 bridgehead atoms. The van der Waals surface area contributed by atoms with Crippen molar-refractivity contribution in [3.05, 3.63) is 89.2 Å². The number of nitrogens with zero attached hydrogens (tertiary/aromatic N) is 4. The lowest BCUT2D eigenvalue weighted by atomic mass is 10.1. The minimum atomic E-state index is -2.05. The van der Waals surface area contributed by atoms with Gasteiger partial charge in [0.05, 0.1) is 11.0 Å². The summed E-state index contributed by atoms with van der Waals surface area (Å²) in [5.41, 5.74) is 1.46. The van der Waals surface area contributed by atoms with Crippen LogP contribution in [0.1, 0.15) is 49.6 Å². The van der Waals surface area contributed by atoms with Crippen LogP contribution in [0.3, 0.4) is 0 Å². The fourth-order valence-electron chi connectivity index (χ4n) is 5.00. The number of anilines is 1. The largest absolute Gasteiger partial charge is 0.483 e. The van der Waals surface area contributed by atoms with E-state index in [1.807, 2.05) is 42.2 Å². The molecule has 0 spiro atoms. The first-order valence-corrected chi connectivity index (χ1v) is 13.1. The zero-order chi connectivity index (χ0) is 27.7. The van der Waals surface area contributed by atoms with Crippen molar-refractivity contribution in [3.8, 4) is 5.75 Å². The number of benzene rings is 3. The van der Waals surface area contributed by atoms with Crippen LogP contribution in [0.2, 0.25) is 0 Å². The Balaban J connectivity index is 1.56. The molecule has 2 unspecified atom stereocenters. The Morgan fingerprint density at radius 1 is 1.00 bits per heavy atom. The van der Waals surface area contributed by atoms with Gasteiger partial charge in [-0.2, -0.15) is 0 Å². The van der Waals surface area contributed by atoms with Crippen molar-refractivity contribution < 1.29 is 22.7 Å². The highest BCUT2D eigenvalue weighted by Gasteiger charge is 2.29. The maximum absolute atomic E-state index is 16.3. The van der Waals surface area contributed by atoms with Crippen molar-refractivity contribution in [2.45, 2.75) is 39.6 Å². The smallest absolute Gasteiger partial charge is 0.222 e. The highest BCUT2D eigenvalue weighted by Crippen LogP contribution is 2.35. The Kier molecular flexibility index (Phi) is 7.50. The number of amides is 1. The van der Waals surface area contributed by atoms with Crippen LogP contribution >= 0.6 is 0 Å². The molecule has 0 radical (unpaired) electrons. The van der Waals surface area contributed by atoms with Crippen LogP contribution in [0.5, 0.6) is 5.75 Å². The van der Waals surface area contributed by atoms with Gasteiger partial charge in [-0.1, -0.05) is 37.3 Å². The summed E-state index contributed by atoms with van der Waals surface area (Å²) in [6.07, 6.45) is -2.27. The maximum atomic E-state index is 16.3. The average molecular weight is 537 g/mol. The van der Waals surface area contributed by atoms with Gasteiger partial charge in [-0.25, -0.2) is 18.2 Å². The van der Waals surface area contributed by atoms with E-state index in [1.165, 1.54) is 23.6 Å². The lowest BCUT2D eigenvalue weighted by molar-refractivity contribution is -0.131. The molecular formula is C30H31F3N4O2. The third-order valence-electron chi connectivity index (χ3n) is 7.21. The molecule has 9 heteroatoms. The summed E-state index contributed by atoms with van der Waals surface area (Å²) in [4.78, 5) is 20.7. The monoisotopic (exact) mass is 536 g/mol. The van der Waals surface area contributed by atoms with Gasteiger partial charge in [0, 0.05) is 43.9 Å². The van der Waals surface area contributed by atoms with Crippen molar-refractivity contribution in [1.82, 2.24) is 14.5 Å². The quantitative estimate of drug-likeness (QED) is 0.277. The summed E-state index contributed by atoms with van der Waals surface area (Å²) in [7, 11) is 0. The van der Waals surface area contributed by atoms with Gasteiger partial charge in [-0.15, -0.1) is 0 Å². The van der Waals surface area contributed by atoms with E-state index < -0.39 is 29.6 Å². The minimum absolute atomic E-state index is 0.0999. The molecule has 0 aliphatic carbocycles. The number of para-hydroxylation sites is 1. The Bertz CT molecular complexity index is 1480. The number of hydrogen-bond acceptors (Lipinski definition) is 4. The first-order valence-electron chi connectivity index (χ1n) is 13.1. The molecule has 5 rings (SSSR count). The number of halogens is 3. The highest BCUT2D eigenvalue weighted by atomic mass is 19.2. The Hall–Kier alpha value is -4.01. The predicted molar refractivity (Wildman–Crippen MR) is 145 cm³/mol. The molecule has 1 saturated heterocycles. The van der Waals surface area contributed by atoms with Crippen LogP contribution < -0.4 is 9.64 Å². The average Bonchev–Trinajstić information content (AvgIpc) is 3.35. The number of imidazole rings is 1. The Morgan fingerprint density at radius 2 is 1.72 bits per heavy atom. The van der Waals surface area contributed by atoms with Crippen molar-refractivity contribution in [2.75, 3.05) is 31.1 Å². The number of ether oxygens (including phenoxy) is 1. The van der Waals surface area contributed by atoms with Crippen molar-refractivity contribution in [2.24, 2.45) is 0 Å². The van der Waals surface area contributed by atoms with Crippen LogP contribution in [-0.4, -0.2) is 46.5 Å². The fraction of sp³-hybridized carbons (Fsp3) is 0.333. The second kappa shape index (κ2) is 11.0. The first kappa shape index (κ1) is 26.6. The molecule has 39 heavy (non-hydrogen) atoms. The van der Waals surface area contributed by atoms with Crippen molar-refractivity contribution in [1.29, 1.82) is 0 Å². The van der Waals surface area contributed by atoms with E-state index in [2.05, 4.69) is 9.88 Å². The maximum Gasteiger partial charge on any atom is 0.222 e. The molecule has 204 valence electrons. The molecular weight excluding hydrogens is 505 g/mol. The first-order chi connectivity index (χ1) is 18.8. The van der Waals surface area contributed by atoms with Crippen LogP contribution in [0.15, 0.2) is 60.7 Å². The van der Waals surface area contributed by atoms with Gasteiger partial charge in [0.15, 0.2) is 23.6 Å². The number of aryl methyl sites for hydroxylation is 1. The van der Waals surface area contributed by atoms with E-state index in [1.54, 1.807) is 25.1 Å². The predicted octanol–water partition coefficient (Wildman–Crippen LogP) is 6.34. The lowest BCUT2D eigenvalue weighted by Crippen LogP contribution is -2.48. The summed E-state index contributed by atoms with van der Waals surface area (Å²) < 4.78 is 53.1. The topological polar surface area (TPSA) is 50.6 Å². The lowest BCUT2D eigenvalue weighted by Gasteiger charge is -2.36. The molecule has 6 nitrogen and oxygen atoms in total. The molecule has 1 aliphatic heterocycles. The summed E-state index contributed by atoms with van der Waals surface area (Å²) in [5.74, 6) is -1.36. The molecule has 3 aromatic carbocycles. The summed E-state index contributed by atoms with van der Waals surface area (Å²) in [5, 5.41) is 0. The second-order valence-electron chi connectivity index (χ2n) is 9.74. The number of carbonyl (C=O) groups excluding carboxylic acids is 1. The standard InChI is InChI=1S/C30H31F3N4O2/c1-4-26(38)36-16-14-35(15-17-36)21-11-13-24-25(18-21)37(29(33)23-12-10-19(2)27(31)28(23)32)30(34-24)20(3)39-22-8-6-5-7-9-22/h5-13,18,20,29H,4,14-17H2,1-3H3. The second-order valence-corrected chi connectivity index (χ2v) is 9.74. The van der Waals surface area contributed by atoms with E-state index >= 15 is 4.39 Å². The van der Waals surface area contributed by atoms with Crippen molar-refractivity contribution in [3.63, 3.8) is 0 Å². The Labute approximate surface area is 225 Å². The molecule has 1 fully saturated rings. The molecule has 0 N–H and O–H groups in total. The number of piperazine rings is 1. The number of alkyl halides is 1. The molecule has 1 aliphatic rings. The number of fused-ring (bicyclic) bond motifs is 1. The fourth-order valence-corrected chi connectivity index (χ4v) is 5.00. The van der Waals surface area contributed by atoms with E-state index in [0.29, 0.717) is 49.4 Å². The minimum Gasteiger partial charge on any atom is -0.483 e. The van der Waals surface area contributed by atoms with Gasteiger partial charge < -0.3 is 14.5 Å². The number of carbonyl (C=O) groups is 1. The molecule has 4 aromatic rings. The van der Waals surface area contributed by atoms with Crippen molar-refractivity contribution >= 4 is 22.6 Å². The van der Waals surface area contributed by atoms with E-state index in [4.69, 9.17) is 4.74 Å². The van der Waals surface area contributed by atoms with E-state index in [-0.39, 0.29) is 17.3 Å². The molecule has 2 atom stereocenters. The SMILES string of the molecule is CCC(=O)N1CCN(c2ccc3nc(C(C)Oc4ccccc4)n(C(F)c4ccc(C)c(F)c4F)c3c2)CC1. The number of rotatable bonds is 7. The van der Waals surface area contributed by atoms with Gasteiger partial charge in [0.1, 0.15) is 5.75 Å². The van der Waals surface area contributed by atoms with Gasteiger partial charge in [-0.3, -0.25) is 9.36 Å². The van der Waals surface area contributed by atoms with E-state index in [9.17, 15) is 13.6 Å². The molecule has 1 aromatic heterocycles. The van der Waals surface area contributed by atoms with Crippen LogP contribution in [0.4, 0.5) is 18.9 Å². The molecule has 0 saturated carbocycles. The van der Waals surface area contributed by atoms with E-state index in [0.717, 1.165) is 5.69 Å². The normalized spacial score (nSPS) is 15.4. The molecule has 1 amide bonds. The summed E-state index contributed by atoms with van der Waals surface area (Å²) >= 11 is 0. The van der Waals surface area contributed by atoms with Crippen LogP contribution in [-0.2, 0) is 4.79 Å². The molecule has 2 heterocycles. The zero-order valence-corrected chi connectivity index (χ0v) is 22.2. The van der Waals surface area contributed by atoms with Gasteiger partial charge in [0.2, 0.25) is 12.2 Å². The van der Waals surface area contributed by atoms with Gasteiger partial charge in [-0.05, 0) is 49.7 Å². The summed E-state index contributed by atoms with van der Waals surface area (Å²) in [6, 6.07) is 17.2. The highest BCUT2D eigenvalue weighted by molar-refractivity contribution is 5.81. The third-order valence-corrected chi connectivity index (χ3v) is 7.21. The van der Waals surface area contributed by atoms with Gasteiger partial charge in [0.25, 0.3) is 0 Å². The number of hydrogen-bond donors (Lipinski definition) is 0. The van der Waals surface area contributed by atoms with Crippen LogP contribution in [0, 0.1) is 18.6 Å². The Morgan fingerprint density at radius 3 is 2.41 bits per heavy atom. The third kappa shape index (κ3) is 5.17. The number of aromatic nitrogens is 2. The zero-order valence-electron chi connectivity index (χ0n) is 22.2.